The number of rotatable bonds is 5. The van der Waals surface area contributed by atoms with Gasteiger partial charge in [-0.2, -0.15) is 0 Å². The topological polar surface area (TPSA) is 80.5 Å². The molecule has 7 nitrogen and oxygen atoms in total. The predicted molar refractivity (Wildman–Crippen MR) is 115 cm³/mol. The molecule has 2 atom stereocenters. The molecule has 1 aliphatic rings. The number of hydrogen-bond donors (Lipinski definition) is 1. The molecule has 7 heteroatoms. The van der Waals surface area contributed by atoms with Crippen molar-refractivity contribution >= 4 is 17.0 Å². The largest absolute Gasteiger partial charge is 0.379 e. The molecule has 1 amide bonds. The molecule has 4 rings (SSSR count). The lowest BCUT2D eigenvalue weighted by molar-refractivity contribution is -0.0178. The van der Waals surface area contributed by atoms with Crippen LogP contribution in [0.4, 0.5) is 0 Å². The van der Waals surface area contributed by atoms with E-state index in [-0.39, 0.29) is 11.9 Å². The second-order valence-electron chi connectivity index (χ2n) is 8.09. The first-order chi connectivity index (χ1) is 14.4. The summed E-state index contributed by atoms with van der Waals surface area (Å²) in [5.41, 5.74) is 4.37. The molecule has 1 aromatic carbocycles. The molecule has 158 valence electrons. The van der Waals surface area contributed by atoms with Crippen LogP contribution in [-0.4, -0.2) is 59.3 Å². The number of nitrogens with zero attached hydrogens (tertiary/aromatic N) is 3. The third kappa shape index (κ3) is 4.08. The van der Waals surface area contributed by atoms with Gasteiger partial charge in [-0.25, -0.2) is 4.98 Å². The zero-order valence-electron chi connectivity index (χ0n) is 17.9. The molecule has 3 aromatic rings. The van der Waals surface area contributed by atoms with Gasteiger partial charge in [-0.15, -0.1) is 0 Å². The van der Waals surface area contributed by atoms with Crippen LogP contribution in [0.1, 0.15) is 35.5 Å². The highest BCUT2D eigenvalue weighted by Gasteiger charge is 2.25. The van der Waals surface area contributed by atoms with Crippen LogP contribution in [0.15, 0.2) is 34.9 Å². The summed E-state index contributed by atoms with van der Waals surface area (Å²) in [6.45, 7) is 11.0. The summed E-state index contributed by atoms with van der Waals surface area (Å²) in [4.78, 5) is 20.1. The summed E-state index contributed by atoms with van der Waals surface area (Å²) in [6.07, 6.45) is 0. The number of carbonyl (C=O) groups excluding carboxylic acids is 1. The highest BCUT2D eigenvalue weighted by Crippen LogP contribution is 2.27. The molecule has 0 aliphatic carbocycles. The SMILES string of the molecule is Cc1ccc(-c2cc(C(=O)NCC(C)N3CCOCC3C)c3c(C)noc3n2)cc1. The molecule has 0 bridgehead atoms. The molecule has 0 spiro atoms. The Balaban J connectivity index is 1.59. The average Bonchev–Trinajstić information content (AvgIpc) is 3.13. The minimum atomic E-state index is -0.144. The van der Waals surface area contributed by atoms with Gasteiger partial charge in [0.05, 0.1) is 35.6 Å². The number of carbonyl (C=O) groups is 1. The summed E-state index contributed by atoms with van der Waals surface area (Å²) >= 11 is 0. The number of morpholine rings is 1. The Kier molecular flexibility index (Phi) is 5.83. The fourth-order valence-corrected chi connectivity index (χ4v) is 3.99. The highest BCUT2D eigenvalue weighted by atomic mass is 16.5. The summed E-state index contributed by atoms with van der Waals surface area (Å²) < 4.78 is 10.9. The van der Waals surface area contributed by atoms with Crippen LogP contribution in [-0.2, 0) is 4.74 Å². The van der Waals surface area contributed by atoms with Crippen molar-refractivity contribution in [2.45, 2.75) is 39.8 Å². The number of fused-ring (bicyclic) bond motifs is 1. The molecule has 3 heterocycles. The number of pyridine rings is 1. The fourth-order valence-electron chi connectivity index (χ4n) is 3.99. The standard InChI is InChI=1S/C23H28N4O3/c1-14-5-7-18(8-6-14)20-11-19(21-17(4)26-30-23(21)25-20)22(28)24-12-15(2)27-9-10-29-13-16(27)3/h5-8,11,15-16H,9-10,12-13H2,1-4H3,(H,24,28). The lowest BCUT2D eigenvalue weighted by Crippen LogP contribution is -2.51. The van der Waals surface area contributed by atoms with Crippen LogP contribution >= 0.6 is 0 Å². The molecule has 0 radical (unpaired) electrons. The van der Waals surface area contributed by atoms with Crippen LogP contribution in [0.5, 0.6) is 0 Å². The third-order valence-electron chi connectivity index (χ3n) is 5.75. The quantitative estimate of drug-likeness (QED) is 0.697. The second-order valence-corrected chi connectivity index (χ2v) is 8.09. The molecular formula is C23H28N4O3. The minimum Gasteiger partial charge on any atom is -0.379 e. The van der Waals surface area contributed by atoms with E-state index in [4.69, 9.17) is 9.26 Å². The number of aromatic nitrogens is 2. The normalized spacial score (nSPS) is 18.5. The van der Waals surface area contributed by atoms with Crippen LogP contribution in [0.2, 0.25) is 0 Å². The first-order valence-electron chi connectivity index (χ1n) is 10.4. The molecule has 30 heavy (non-hydrogen) atoms. The number of benzene rings is 1. The fraction of sp³-hybridized carbons (Fsp3) is 0.435. The van der Waals surface area contributed by atoms with E-state index >= 15 is 0 Å². The number of ether oxygens (including phenoxy) is 1. The smallest absolute Gasteiger partial charge is 0.259 e. The van der Waals surface area contributed by atoms with Crippen molar-refractivity contribution in [2.75, 3.05) is 26.3 Å². The summed E-state index contributed by atoms with van der Waals surface area (Å²) in [5, 5.41) is 7.78. The summed E-state index contributed by atoms with van der Waals surface area (Å²) in [7, 11) is 0. The molecule has 1 N–H and O–H groups in total. The Morgan fingerprint density at radius 2 is 2.07 bits per heavy atom. The van der Waals surface area contributed by atoms with Crippen molar-refractivity contribution in [3.05, 3.63) is 47.2 Å². The Morgan fingerprint density at radius 1 is 1.30 bits per heavy atom. The lowest BCUT2D eigenvalue weighted by atomic mass is 10.0. The van der Waals surface area contributed by atoms with Crippen LogP contribution < -0.4 is 5.32 Å². The maximum absolute atomic E-state index is 13.2. The monoisotopic (exact) mass is 408 g/mol. The van der Waals surface area contributed by atoms with Gasteiger partial charge in [-0.3, -0.25) is 9.69 Å². The maximum atomic E-state index is 13.2. The van der Waals surface area contributed by atoms with E-state index in [1.807, 2.05) is 44.2 Å². The van der Waals surface area contributed by atoms with Crippen LogP contribution in [0.25, 0.3) is 22.4 Å². The van der Waals surface area contributed by atoms with Crippen LogP contribution in [0.3, 0.4) is 0 Å². The average molecular weight is 409 g/mol. The number of aryl methyl sites for hydroxylation is 2. The second kappa shape index (κ2) is 8.53. The van der Waals surface area contributed by atoms with Gasteiger partial charge < -0.3 is 14.6 Å². The van der Waals surface area contributed by atoms with Gasteiger partial charge in [-0.1, -0.05) is 35.0 Å². The molecule has 1 fully saturated rings. The molecule has 1 saturated heterocycles. The van der Waals surface area contributed by atoms with Gasteiger partial charge in [0.25, 0.3) is 11.6 Å². The van der Waals surface area contributed by atoms with Crippen LogP contribution in [0, 0.1) is 13.8 Å². The molecule has 2 unspecified atom stereocenters. The van der Waals surface area contributed by atoms with Gasteiger partial charge in [0, 0.05) is 30.7 Å². The zero-order valence-corrected chi connectivity index (χ0v) is 17.9. The van der Waals surface area contributed by atoms with Crippen molar-refractivity contribution in [1.82, 2.24) is 20.4 Å². The van der Waals surface area contributed by atoms with Crippen molar-refractivity contribution in [2.24, 2.45) is 0 Å². The lowest BCUT2D eigenvalue weighted by Gasteiger charge is -2.37. The van der Waals surface area contributed by atoms with Crippen molar-refractivity contribution < 1.29 is 14.1 Å². The Hall–Kier alpha value is -2.77. The first kappa shape index (κ1) is 20.5. The zero-order chi connectivity index (χ0) is 21.3. The van der Waals surface area contributed by atoms with E-state index in [2.05, 4.69) is 34.2 Å². The molecular weight excluding hydrogens is 380 g/mol. The highest BCUT2D eigenvalue weighted by molar-refractivity contribution is 6.07. The van der Waals surface area contributed by atoms with E-state index in [1.165, 1.54) is 5.56 Å². The van der Waals surface area contributed by atoms with E-state index in [0.29, 0.717) is 40.6 Å². The Bertz CT molecular complexity index is 1040. The van der Waals surface area contributed by atoms with E-state index < -0.39 is 0 Å². The summed E-state index contributed by atoms with van der Waals surface area (Å²) in [5.74, 6) is -0.144. The van der Waals surface area contributed by atoms with Gasteiger partial charge in [0.2, 0.25) is 0 Å². The number of hydrogen-bond acceptors (Lipinski definition) is 6. The van der Waals surface area contributed by atoms with Crippen molar-refractivity contribution in [3.63, 3.8) is 0 Å². The van der Waals surface area contributed by atoms with Gasteiger partial charge in [0.15, 0.2) is 0 Å². The molecule has 0 saturated carbocycles. The first-order valence-corrected chi connectivity index (χ1v) is 10.4. The van der Waals surface area contributed by atoms with Gasteiger partial charge >= 0.3 is 0 Å². The third-order valence-corrected chi connectivity index (χ3v) is 5.75. The van der Waals surface area contributed by atoms with E-state index in [0.717, 1.165) is 25.3 Å². The van der Waals surface area contributed by atoms with E-state index in [9.17, 15) is 4.79 Å². The Labute approximate surface area is 176 Å². The number of amides is 1. The minimum absolute atomic E-state index is 0.144. The van der Waals surface area contributed by atoms with Crippen molar-refractivity contribution in [3.8, 4) is 11.3 Å². The number of nitrogens with one attached hydrogen (secondary N) is 1. The molecule has 1 aliphatic heterocycles. The van der Waals surface area contributed by atoms with Crippen molar-refractivity contribution in [1.29, 1.82) is 0 Å². The predicted octanol–water partition coefficient (Wildman–Crippen LogP) is 3.35. The summed E-state index contributed by atoms with van der Waals surface area (Å²) in [6, 6.07) is 10.4. The molecule has 2 aromatic heterocycles. The van der Waals surface area contributed by atoms with Gasteiger partial charge in [0.1, 0.15) is 0 Å². The maximum Gasteiger partial charge on any atom is 0.259 e. The van der Waals surface area contributed by atoms with E-state index in [1.54, 1.807) is 0 Å². The Morgan fingerprint density at radius 3 is 2.80 bits per heavy atom. The van der Waals surface area contributed by atoms with Gasteiger partial charge in [-0.05, 0) is 33.8 Å².